The number of rotatable bonds is 5. The van der Waals surface area contributed by atoms with Gasteiger partial charge in [0.15, 0.2) is 0 Å². The van der Waals surface area contributed by atoms with E-state index in [0.717, 1.165) is 37.5 Å². The molecule has 1 aliphatic heterocycles. The van der Waals surface area contributed by atoms with E-state index < -0.39 is 10.0 Å². The van der Waals surface area contributed by atoms with Gasteiger partial charge in [0.1, 0.15) is 4.90 Å². The number of fused-ring (bicyclic) bond motifs is 2. The van der Waals surface area contributed by atoms with Crippen LogP contribution in [0.5, 0.6) is 0 Å². The SMILES string of the molecule is C[C@@H](NC(=O)c1ccc(Cl)c(S(=O)(=O)N2CCCCCC2)c1)[C@@H]1C[C@H]2CC[C@H]1C2. The molecule has 5 nitrogen and oxygen atoms in total. The third-order valence-electron chi connectivity index (χ3n) is 7.17. The van der Waals surface area contributed by atoms with Crippen molar-refractivity contribution in [1.82, 2.24) is 9.62 Å². The van der Waals surface area contributed by atoms with E-state index in [1.54, 1.807) is 6.07 Å². The Labute approximate surface area is 179 Å². The zero-order valence-corrected chi connectivity index (χ0v) is 18.6. The average molecular weight is 439 g/mol. The number of hydrogen-bond donors (Lipinski definition) is 1. The van der Waals surface area contributed by atoms with E-state index in [0.29, 0.717) is 24.6 Å². The second-order valence-corrected chi connectivity index (χ2v) is 11.4. The molecule has 1 saturated heterocycles. The van der Waals surface area contributed by atoms with Crippen molar-refractivity contribution in [1.29, 1.82) is 0 Å². The topological polar surface area (TPSA) is 66.5 Å². The summed E-state index contributed by atoms with van der Waals surface area (Å²) in [5.41, 5.74) is 0.359. The van der Waals surface area contributed by atoms with Crippen LogP contribution in [0.1, 0.15) is 68.6 Å². The van der Waals surface area contributed by atoms with Gasteiger partial charge in [0.2, 0.25) is 10.0 Å². The first kappa shape index (κ1) is 21.1. The van der Waals surface area contributed by atoms with Gasteiger partial charge in [-0.1, -0.05) is 30.9 Å². The van der Waals surface area contributed by atoms with E-state index in [9.17, 15) is 13.2 Å². The summed E-state index contributed by atoms with van der Waals surface area (Å²) < 4.78 is 27.8. The molecule has 0 spiro atoms. The Bertz CT molecular complexity index is 865. The molecule has 3 fully saturated rings. The van der Waals surface area contributed by atoms with E-state index >= 15 is 0 Å². The van der Waals surface area contributed by atoms with Gasteiger partial charge < -0.3 is 5.32 Å². The molecule has 1 N–H and O–H groups in total. The molecule has 7 heteroatoms. The first-order chi connectivity index (χ1) is 13.9. The average Bonchev–Trinajstić information content (AvgIpc) is 3.22. The number of nitrogens with one attached hydrogen (secondary N) is 1. The zero-order chi connectivity index (χ0) is 20.6. The molecule has 1 aromatic rings. The summed E-state index contributed by atoms with van der Waals surface area (Å²) in [7, 11) is -3.70. The highest BCUT2D eigenvalue weighted by Crippen LogP contribution is 2.49. The molecule has 2 bridgehead atoms. The van der Waals surface area contributed by atoms with E-state index in [1.165, 1.54) is 42.1 Å². The van der Waals surface area contributed by atoms with Gasteiger partial charge in [-0.25, -0.2) is 8.42 Å². The molecule has 160 valence electrons. The van der Waals surface area contributed by atoms with Crippen molar-refractivity contribution in [2.45, 2.75) is 69.2 Å². The highest BCUT2D eigenvalue weighted by molar-refractivity contribution is 7.89. The Morgan fingerprint density at radius 3 is 2.48 bits per heavy atom. The van der Waals surface area contributed by atoms with Gasteiger partial charge in [0.05, 0.1) is 5.02 Å². The molecule has 0 radical (unpaired) electrons. The third-order valence-corrected chi connectivity index (χ3v) is 9.55. The predicted molar refractivity (Wildman–Crippen MR) is 115 cm³/mol. The third kappa shape index (κ3) is 4.35. The monoisotopic (exact) mass is 438 g/mol. The summed E-state index contributed by atoms with van der Waals surface area (Å²) in [5, 5.41) is 3.29. The van der Waals surface area contributed by atoms with Gasteiger partial charge in [0.25, 0.3) is 5.91 Å². The number of sulfonamides is 1. The number of halogens is 1. The number of benzene rings is 1. The van der Waals surface area contributed by atoms with Crippen LogP contribution < -0.4 is 5.32 Å². The van der Waals surface area contributed by atoms with Crippen molar-refractivity contribution in [3.8, 4) is 0 Å². The van der Waals surface area contributed by atoms with Crippen LogP contribution in [-0.2, 0) is 10.0 Å². The standard InChI is InChI=1S/C22H31ClN2O3S/c1-15(19-13-16-6-7-17(19)12-16)24-22(26)18-8-9-20(23)21(14-18)29(27,28)25-10-4-2-3-5-11-25/h8-9,14-17,19H,2-7,10-13H2,1H3,(H,24,26)/t15-,16+,17+,19+/m1/s1. The van der Waals surface area contributed by atoms with Crippen LogP contribution in [0.4, 0.5) is 0 Å². The highest BCUT2D eigenvalue weighted by atomic mass is 35.5. The van der Waals surface area contributed by atoms with Crippen molar-refractivity contribution >= 4 is 27.5 Å². The molecule has 2 saturated carbocycles. The second kappa shape index (κ2) is 8.56. The Hall–Kier alpha value is -1.11. The van der Waals surface area contributed by atoms with Gasteiger partial charge in [-0.2, -0.15) is 4.31 Å². The molecule has 4 rings (SSSR count). The number of hydrogen-bond acceptors (Lipinski definition) is 3. The summed E-state index contributed by atoms with van der Waals surface area (Å²) in [6, 6.07) is 4.70. The van der Waals surface area contributed by atoms with Gasteiger partial charge in [-0.3, -0.25) is 4.79 Å². The maximum Gasteiger partial charge on any atom is 0.251 e. The van der Waals surface area contributed by atoms with E-state index in [2.05, 4.69) is 12.2 Å². The summed E-state index contributed by atoms with van der Waals surface area (Å²) in [6.07, 6.45) is 8.90. The Morgan fingerprint density at radius 2 is 1.86 bits per heavy atom. The fourth-order valence-corrected chi connectivity index (χ4v) is 7.58. The molecule has 1 amide bonds. The van der Waals surface area contributed by atoms with Gasteiger partial charge in [-0.05, 0) is 75.0 Å². The Balaban J connectivity index is 1.50. The minimum absolute atomic E-state index is 0.0429. The number of nitrogens with zero attached hydrogens (tertiary/aromatic N) is 1. The number of amides is 1. The van der Waals surface area contributed by atoms with Crippen LogP contribution in [0, 0.1) is 17.8 Å². The molecule has 3 aliphatic rings. The lowest BCUT2D eigenvalue weighted by atomic mass is 9.84. The van der Waals surface area contributed by atoms with Crippen molar-refractivity contribution in [2.24, 2.45) is 17.8 Å². The zero-order valence-electron chi connectivity index (χ0n) is 17.1. The Morgan fingerprint density at radius 1 is 1.14 bits per heavy atom. The molecular weight excluding hydrogens is 408 g/mol. The lowest BCUT2D eigenvalue weighted by Gasteiger charge is -2.28. The quantitative estimate of drug-likeness (QED) is 0.737. The van der Waals surface area contributed by atoms with Gasteiger partial charge >= 0.3 is 0 Å². The minimum atomic E-state index is -3.70. The first-order valence-electron chi connectivity index (χ1n) is 11.0. The summed E-state index contributed by atoms with van der Waals surface area (Å²) >= 11 is 6.26. The lowest BCUT2D eigenvalue weighted by molar-refractivity contribution is 0.0915. The van der Waals surface area contributed by atoms with Crippen LogP contribution in [0.25, 0.3) is 0 Å². The predicted octanol–water partition coefficient (Wildman–Crippen LogP) is 4.46. The maximum atomic E-state index is 13.2. The smallest absolute Gasteiger partial charge is 0.251 e. The first-order valence-corrected chi connectivity index (χ1v) is 12.8. The molecule has 1 aromatic carbocycles. The molecule has 2 aliphatic carbocycles. The summed E-state index contributed by atoms with van der Waals surface area (Å²) in [6.45, 7) is 3.10. The van der Waals surface area contributed by atoms with Crippen LogP contribution in [0.3, 0.4) is 0 Å². The van der Waals surface area contributed by atoms with Crippen LogP contribution in [0.15, 0.2) is 23.1 Å². The second-order valence-electron chi connectivity index (χ2n) is 9.06. The molecule has 1 heterocycles. The normalized spacial score (nSPS) is 28.8. The van der Waals surface area contributed by atoms with E-state index in [1.807, 2.05) is 0 Å². The van der Waals surface area contributed by atoms with Crippen molar-refractivity contribution in [3.05, 3.63) is 28.8 Å². The van der Waals surface area contributed by atoms with Crippen molar-refractivity contribution < 1.29 is 13.2 Å². The van der Waals surface area contributed by atoms with Crippen LogP contribution in [0.2, 0.25) is 5.02 Å². The minimum Gasteiger partial charge on any atom is -0.349 e. The maximum absolute atomic E-state index is 13.2. The van der Waals surface area contributed by atoms with Gasteiger partial charge in [-0.15, -0.1) is 0 Å². The summed E-state index contributed by atoms with van der Waals surface area (Å²) in [4.78, 5) is 12.9. The lowest BCUT2D eigenvalue weighted by Crippen LogP contribution is -2.40. The van der Waals surface area contributed by atoms with E-state index in [4.69, 9.17) is 11.6 Å². The molecule has 4 atom stereocenters. The van der Waals surface area contributed by atoms with Crippen molar-refractivity contribution in [3.63, 3.8) is 0 Å². The van der Waals surface area contributed by atoms with E-state index in [-0.39, 0.29) is 21.9 Å². The number of carbonyl (C=O) groups excluding carboxylic acids is 1. The fourth-order valence-electron chi connectivity index (χ4n) is 5.57. The van der Waals surface area contributed by atoms with Crippen LogP contribution >= 0.6 is 11.6 Å². The Kier molecular flexibility index (Phi) is 6.24. The molecule has 0 aromatic heterocycles. The molecular formula is C22H31ClN2O3S. The largest absolute Gasteiger partial charge is 0.349 e. The van der Waals surface area contributed by atoms with Crippen molar-refractivity contribution in [2.75, 3.05) is 13.1 Å². The highest BCUT2D eigenvalue weighted by Gasteiger charge is 2.42. The molecule has 0 unspecified atom stereocenters. The summed E-state index contributed by atoms with van der Waals surface area (Å²) in [5.74, 6) is 1.86. The fraction of sp³-hybridized carbons (Fsp3) is 0.682. The molecule has 29 heavy (non-hydrogen) atoms. The van der Waals surface area contributed by atoms with Crippen LogP contribution in [-0.4, -0.2) is 37.8 Å². The number of carbonyl (C=O) groups is 1. The van der Waals surface area contributed by atoms with Gasteiger partial charge in [0, 0.05) is 24.7 Å².